The van der Waals surface area contributed by atoms with Crippen molar-refractivity contribution in [1.82, 2.24) is 10.5 Å². The van der Waals surface area contributed by atoms with Crippen LogP contribution in [-0.4, -0.2) is 37.6 Å². The highest BCUT2D eigenvalue weighted by molar-refractivity contribution is 5.92. The van der Waals surface area contributed by atoms with E-state index >= 15 is 0 Å². The number of ether oxygens (including phenoxy) is 4. The molecule has 26 heavy (non-hydrogen) atoms. The van der Waals surface area contributed by atoms with Crippen molar-refractivity contribution in [2.75, 3.05) is 26.6 Å². The third-order valence-corrected chi connectivity index (χ3v) is 4.41. The van der Waals surface area contributed by atoms with Crippen molar-refractivity contribution >= 4 is 5.91 Å². The average Bonchev–Trinajstić information content (AvgIpc) is 3.34. The van der Waals surface area contributed by atoms with Crippen LogP contribution in [0.2, 0.25) is 0 Å². The van der Waals surface area contributed by atoms with Gasteiger partial charge in [0.15, 0.2) is 23.0 Å². The molecule has 1 aromatic carbocycles. The SMILES string of the molecule is O=C(NCC1CCOCC1)c1cc(COc2ccc3c(c2)OCO3)on1. The molecule has 0 spiro atoms. The molecule has 1 aromatic heterocycles. The van der Waals surface area contributed by atoms with Crippen molar-refractivity contribution in [2.24, 2.45) is 5.92 Å². The smallest absolute Gasteiger partial charge is 0.273 e. The van der Waals surface area contributed by atoms with E-state index in [0.29, 0.717) is 35.5 Å². The number of carbonyl (C=O) groups is 1. The summed E-state index contributed by atoms with van der Waals surface area (Å²) in [5.74, 6) is 2.65. The van der Waals surface area contributed by atoms with Crippen LogP contribution in [0.3, 0.4) is 0 Å². The van der Waals surface area contributed by atoms with Gasteiger partial charge in [0.05, 0.1) is 0 Å². The van der Waals surface area contributed by atoms with Crippen LogP contribution >= 0.6 is 0 Å². The van der Waals surface area contributed by atoms with Gasteiger partial charge in [0.2, 0.25) is 6.79 Å². The lowest BCUT2D eigenvalue weighted by molar-refractivity contribution is 0.0641. The highest BCUT2D eigenvalue weighted by Gasteiger charge is 2.18. The molecule has 0 aliphatic carbocycles. The highest BCUT2D eigenvalue weighted by atomic mass is 16.7. The van der Waals surface area contributed by atoms with Gasteiger partial charge in [-0.2, -0.15) is 0 Å². The molecule has 138 valence electrons. The highest BCUT2D eigenvalue weighted by Crippen LogP contribution is 2.35. The lowest BCUT2D eigenvalue weighted by Gasteiger charge is -2.21. The second-order valence-electron chi connectivity index (χ2n) is 6.25. The molecule has 2 aliphatic heterocycles. The van der Waals surface area contributed by atoms with Gasteiger partial charge in [0.25, 0.3) is 5.91 Å². The first-order valence-corrected chi connectivity index (χ1v) is 8.62. The standard InChI is InChI=1S/C18H20N2O6/c21-18(19-9-12-3-5-22-6-4-12)15-7-14(26-20-15)10-23-13-1-2-16-17(8-13)25-11-24-16/h1-2,7-8,12H,3-6,9-11H2,(H,19,21). The van der Waals surface area contributed by atoms with E-state index in [-0.39, 0.29) is 25.0 Å². The Morgan fingerprint density at radius 2 is 2.04 bits per heavy atom. The van der Waals surface area contributed by atoms with Gasteiger partial charge in [-0.1, -0.05) is 5.16 Å². The fraction of sp³-hybridized carbons (Fsp3) is 0.444. The Hall–Kier alpha value is -2.74. The predicted molar refractivity (Wildman–Crippen MR) is 89.3 cm³/mol. The quantitative estimate of drug-likeness (QED) is 0.844. The van der Waals surface area contributed by atoms with Gasteiger partial charge in [-0.05, 0) is 30.9 Å². The number of nitrogens with zero attached hydrogens (tertiary/aromatic N) is 1. The summed E-state index contributed by atoms with van der Waals surface area (Å²) in [4.78, 5) is 12.2. The fourth-order valence-corrected chi connectivity index (χ4v) is 2.89. The van der Waals surface area contributed by atoms with Gasteiger partial charge >= 0.3 is 0 Å². The Bertz CT molecular complexity index is 769. The summed E-state index contributed by atoms with van der Waals surface area (Å²) in [6, 6.07) is 6.91. The Morgan fingerprint density at radius 3 is 2.92 bits per heavy atom. The van der Waals surface area contributed by atoms with Gasteiger partial charge in [-0.15, -0.1) is 0 Å². The van der Waals surface area contributed by atoms with E-state index in [4.69, 9.17) is 23.5 Å². The Balaban J connectivity index is 1.27. The molecule has 4 rings (SSSR count). The summed E-state index contributed by atoms with van der Waals surface area (Å²) >= 11 is 0. The van der Waals surface area contributed by atoms with Crippen molar-refractivity contribution in [2.45, 2.75) is 19.4 Å². The van der Waals surface area contributed by atoms with Crippen LogP contribution in [-0.2, 0) is 11.3 Å². The van der Waals surface area contributed by atoms with Crippen LogP contribution in [0.1, 0.15) is 29.1 Å². The number of rotatable bonds is 6. The van der Waals surface area contributed by atoms with Crippen LogP contribution in [0, 0.1) is 5.92 Å². The number of amides is 1. The largest absolute Gasteiger partial charge is 0.485 e. The van der Waals surface area contributed by atoms with Gasteiger partial charge in [-0.3, -0.25) is 4.79 Å². The summed E-state index contributed by atoms with van der Waals surface area (Å²) in [6.07, 6.45) is 1.93. The van der Waals surface area contributed by atoms with Crippen molar-refractivity contribution in [1.29, 1.82) is 0 Å². The zero-order valence-electron chi connectivity index (χ0n) is 14.2. The number of nitrogens with one attached hydrogen (secondary N) is 1. The lowest BCUT2D eigenvalue weighted by atomic mass is 10.0. The molecule has 1 amide bonds. The third kappa shape index (κ3) is 3.91. The normalized spacial score (nSPS) is 16.5. The molecule has 2 aromatic rings. The van der Waals surface area contributed by atoms with E-state index in [2.05, 4.69) is 10.5 Å². The van der Waals surface area contributed by atoms with E-state index in [0.717, 1.165) is 26.1 Å². The lowest BCUT2D eigenvalue weighted by Crippen LogP contribution is -2.32. The number of hydrogen-bond acceptors (Lipinski definition) is 7. The van der Waals surface area contributed by atoms with E-state index in [9.17, 15) is 4.79 Å². The molecule has 8 nitrogen and oxygen atoms in total. The molecule has 0 saturated carbocycles. The molecule has 0 radical (unpaired) electrons. The van der Waals surface area contributed by atoms with E-state index < -0.39 is 0 Å². The number of hydrogen-bond donors (Lipinski definition) is 1. The first-order chi connectivity index (χ1) is 12.8. The van der Waals surface area contributed by atoms with Crippen molar-refractivity contribution < 1.29 is 28.3 Å². The molecule has 1 N–H and O–H groups in total. The fourth-order valence-electron chi connectivity index (χ4n) is 2.89. The summed E-state index contributed by atoms with van der Waals surface area (Å²) in [5, 5.41) is 6.71. The monoisotopic (exact) mass is 360 g/mol. The number of benzene rings is 1. The second kappa shape index (κ2) is 7.65. The van der Waals surface area contributed by atoms with Crippen molar-refractivity contribution in [3.63, 3.8) is 0 Å². The molecule has 1 saturated heterocycles. The third-order valence-electron chi connectivity index (χ3n) is 4.41. The summed E-state index contributed by atoms with van der Waals surface area (Å²) in [7, 11) is 0. The zero-order chi connectivity index (χ0) is 17.8. The maximum atomic E-state index is 12.2. The number of carbonyl (C=O) groups excluding carboxylic acids is 1. The Kier molecular flexibility index (Phi) is 4.92. The Morgan fingerprint density at radius 1 is 1.19 bits per heavy atom. The molecule has 0 bridgehead atoms. The van der Waals surface area contributed by atoms with Crippen LogP contribution in [0.25, 0.3) is 0 Å². The minimum atomic E-state index is -0.241. The molecular weight excluding hydrogens is 340 g/mol. The molecule has 2 aliphatic rings. The summed E-state index contributed by atoms with van der Waals surface area (Å²) in [6.45, 7) is 2.52. The summed E-state index contributed by atoms with van der Waals surface area (Å²) in [5.41, 5.74) is 0.251. The first-order valence-electron chi connectivity index (χ1n) is 8.62. The van der Waals surface area contributed by atoms with Gasteiger partial charge in [-0.25, -0.2) is 0 Å². The van der Waals surface area contributed by atoms with Crippen LogP contribution in [0.4, 0.5) is 0 Å². The van der Waals surface area contributed by atoms with Crippen molar-refractivity contribution in [3.05, 3.63) is 35.7 Å². The minimum absolute atomic E-state index is 0.167. The predicted octanol–water partition coefficient (Wildman–Crippen LogP) is 2.14. The van der Waals surface area contributed by atoms with E-state index in [1.54, 1.807) is 24.3 Å². The molecule has 8 heteroatoms. The molecule has 0 atom stereocenters. The van der Waals surface area contributed by atoms with Crippen LogP contribution in [0.15, 0.2) is 28.8 Å². The van der Waals surface area contributed by atoms with Crippen molar-refractivity contribution in [3.8, 4) is 17.2 Å². The van der Waals surface area contributed by atoms with Gasteiger partial charge in [0, 0.05) is 31.9 Å². The Labute approximate surface area is 150 Å². The van der Waals surface area contributed by atoms with Gasteiger partial charge in [0.1, 0.15) is 12.4 Å². The zero-order valence-corrected chi connectivity index (χ0v) is 14.2. The maximum absolute atomic E-state index is 12.2. The molecule has 3 heterocycles. The minimum Gasteiger partial charge on any atom is -0.485 e. The van der Waals surface area contributed by atoms with Crippen LogP contribution in [0.5, 0.6) is 17.2 Å². The molecule has 0 unspecified atom stereocenters. The number of aromatic nitrogens is 1. The first kappa shape index (κ1) is 16.7. The van der Waals surface area contributed by atoms with E-state index in [1.807, 2.05) is 0 Å². The molecule has 1 fully saturated rings. The maximum Gasteiger partial charge on any atom is 0.273 e. The number of fused-ring (bicyclic) bond motifs is 1. The molecular formula is C18H20N2O6. The van der Waals surface area contributed by atoms with Gasteiger partial charge < -0.3 is 28.8 Å². The second-order valence-corrected chi connectivity index (χ2v) is 6.25. The van der Waals surface area contributed by atoms with Crippen LogP contribution < -0.4 is 19.5 Å². The summed E-state index contributed by atoms with van der Waals surface area (Å²) < 4.78 is 26.7. The topological polar surface area (TPSA) is 92.1 Å². The van der Waals surface area contributed by atoms with E-state index in [1.165, 1.54) is 0 Å². The average molecular weight is 360 g/mol.